The zero-order valence-corrected chi connectivity index (χ0v) is 21.0. The minimum absolute atomic E-state index is 0.0760. The lowest BCUT2D eigenvalue weighted by atomic mass is 9.66. The van der Waals surface area contributed by atoms with Crippen LogP contribution < -0.4 is 0 Å². The number of aliphatic hydroxyl groups is 1. The monoisotopic (exact) mass is 500 g/mol. The van der Waals surface area contributed by atoms with Crippen molar-refractivity contribution in [3.63, 3.8) is 0 Å². The van der Waals surface area contributed by atoms with Gasteiger partial charge in [-0.05, 0) is 43.6 Å². The Bertz CT molecular complexity index is 834. The summed E-state index contributed by atoms with van der Waals surface area (Å²) in [6.07, 6.45) is 9.99. The molecule has 0 amide bonds. The van der Waals surface area contributed by atoms with E-state index in [9.17, 15) is 5.11 Å². The molecule has 166 valence electrons. The van der Waals surface area contributed by atoms with Gasteiger partial charge in [0.25, 0.3) is 0 Å². The molecule has 0 aliphatic heterocycles. The Hall–Kier alpha value is -1.33. The van der Waals surface area contributed by atoms with Gasteiger partial charge < -0.3 is 9.84 Å². The summed E-state index contributed by atoms with van der Waals surface area (Å²) in [4.78, 5) is 0. The molecule has 0 saturated heterocycles. The molecule has 31 heavy (non-hydrogen) atoms. The van der Waals surface area contributed by atoms with Gasteiger partial charge in [-0.3, -0.25) is 0 Å². The highest BCUT2D eigenvalue weighted by Crippen LogP contribution is 2.58. The second kappa shape index (κ2) is 10.5. The third kappa shape index (κ3) is 5.54. The van der Waals surface area contributed by atoms with E-state index in [1.54, 1.807) is 0 Å². The molecule has 4 heteroatoms. The minimum atomic E-state index is -0.825. The molecule has 0 fully saturated rings. The summed E-state index contributed by atoms with van der Waals surface area (Å²) in [5.74, 6) is 0.923. The van der Waals surface area contributed by atoms with Crippen LogP contribution >= 0.6 is 27.7 Å². The maximum atomic E-state index is 10.2. The van der Waals surface area contributed by atoms with Crippen LogP contribution in [-0.4, -0.2) is 28.1 Å². The van der Waals surface area contributed by atoms with E-state index in [0.29, 0.717) is 6.61 Å². The van der Waals surface area contributed by atoms with Crippen molar-refractivity contribution in [3.05, 3.63) is 96.1 Å². The molecular weight excluding hydrogens is 468 g/mol. The van der Waals surface area contributed by atoms with Crippen molar-refractivity contribution < 1.29 is 9.84 Å². The van der Waals surface area contributed by atoms with Crippen molar-refractivity contribution in [2.75, 3.05) is 12.4 Å². The maximum Gasteiger partial charge on any atom is 0.169 e. The Morgan fingerprint density at radius 3 is 2.10 bits per heavy atom. The van der Waals surface area contributed by atoms with Crippen LogP contribution in [0.5, 0.6) is 0 Å². The Morgan fingerprint density at radius 2 is 1.61 bits per heavy atom. The van der Waals surface area contributed by atoms with Crippen LogP contribution in [-0.2, 0) is 9.48 Å². The SMILES string of the molecule is CC(C)(Br)C(O)OCCCSC(c1ccccc1)(c1ccccc1)C1(C)C=CC=CC1. The van der Waals surface area contributed by atoms with Crippen LogP contribution in [0.15, 0.2) is 85.0 Å². The molecule has 1 N–H and O–H groups in total. The lowest BCUT2D eigenvalue weighted by molar-refractivity contribution is -0.113. The summed E-state index contributed by atoms with van der Waals surface area (Å²) in [5, 5.41) is 10.2. The smallest absolute Gasteiger partial charge is 0.169 e. The number of benzene rings is 2. The van der Waals surface area contributed by atoms with E-state index in [4.69, 9.17) is 4.74 Å². The average Bonchev–Trinajstić information content (AvgIpc) is 2.77. The van der Waals surface area contributed by atoms with E-state index in [1.807, 2.05) is 25.6 Å². The molecule has 0 radical (unpaired) electrons. The van der Waals surface area contributed by atoms with Crippen molar-refractivity contribution in [2.24, 2.45) is 5.41 Å². The molecule has 3 rings (SSSR count). The number of rotatable bonds is 10. The Kier molecular flexibility index (Phi) is 8.25. The highest BCUT2D eigenvalue weighted by molar-refractivity contribution is 9.10. The Labute approximate surface area is 199 Å². The van der Waals surface area contributed by atoms with E-state index in [2.05, 4.69) is 108 Å². The topological polar surface area (TPSA) is 29.5 Å². The van der Waals surface area contributed by atoms with Gasteiger partial charge >= 0.3 is 0 Å². The number of halogens is 1. The van der Waals surface area contributed by atoms with Crippen LogP contribution in [0.4, 0.5) is 0 Å². The molecule has 0 spiro atoms. The number of hydrogen-bond acceptors (Lipinski definition) is 3. The van der Waals surface area contributed by atoms with Crippen molar-refractivity contribution in [2.45, 2.75) is 49.0 Å². The number of allylic oxidation sites excluding steroid dienone is 4. The third-order valence-electron chi connectivity index (χ3n) is 5.89. The molecule has 2 aromatic carbocycles. The van der Waals surface area contributed by atoms with Crippen LogP contribution in [0.1, 0.15) is 44.7 Å². The van der Waals surface area contributed by atoms with E-state index < -0.39 is 10.6 Å². The first-order valence-electron chi connectivity index (χ1n) is 10.9. The summed E-state index contributed by atoms with van der Waals surface area (Å²) >= 11 is 5.45. The molecule has 1 aliphatic rings. The summed E-state index contributed by atoms with van der Waals surface area (Å²) < 4.78 is 4.99. The fourth-order valence-corrected chi connectivity index (χ4v) is 5.96. The summed E-state index contributed by atoms with van der Waals surface area (Å²) in [6, 6.07) is 21.7. The summed E-state index contributed by atoms with van der Waals surface area (Å²) in [5.41, 5.74) is 2.56. The first-order chi connectivity index (χ1) is 14.8. The van der Waals surface area contributed by atoms with Crippen LogP contribution in [0.2, 0.25) is 0 Å². The van der Waals surface area contributed by atoms with Crippen molar-refractivity contribution in [3.8, 4) is 0 Å². The zero-order chi connectivity index (χ0) is 22.4. The quantitative estimate of drug-likeness (QED) is 0.214. The Balaban J connectivity index is 1.91. The van der Waals surface area contributed by atoms with E-state index in [1.165, 1.54) is 11.1 Å². The predicted octanol–water partition coefficient (Wildman–Crippen LogP) is 7.08. The van der Waals surface area contributed by atoms with Gasteiger partial charge in [-0.25, -0.2) is 0 Å². The number of ether oxygens (including phenoxy) is 1. The van der Waals surface area contributed by atoms with E-state index >= 15 is 0 Å². The zero-order valence-electron chi connectivity index (χ0n) is 18.6. The van der Waals surface area contributed by atoms with Gasteiger partial charge in [0.2, 0.25) is 0 Å². The highest BCUT2D eigenvalue weighted by atomic mass is 79.9. The molecule has 2 aromatic rings. The minimum Gasteiger partial charge on any atom is -0.367 e. The Morgan fingerprint density at radius 1 is 1.03 bits per heavy atom. The standard InChI is InChI=1S/C27H33BrO2S/c1-25(2,28)24(29)30-20-13-21-31-27(22-14-7-4-8-15-22,23-16-9-5-10-17-23)26(3)18-11-6-12-19-26/h4-12,14-18,24,29H,13,19-21H2,1-3H3. The average molecular weight is 502 g/mol. The van der Waals surface area contributed by atoms with Gasteiger partial charge in [-0.1, -0.05) is 108 Å². The predicted molar refractivity (Wildman–Crippen MR) is 137 cm³/mol. The van der Waals surface area contributed by atoms with Gasteiger partial charge in [0.05, 0.1) is 15.7 Å². The van der Waals surface area contributed by atoms with Gasteiger partial charge in [-0.15, -0.1) is 11.8 Å². The van der Waals surface area contributed by atoms with E-state index in [-0.39, 0.29) is 10.2 Å². The largest absolute Gasteiger partial charge is 0.367 e. The van der Waals surface area contributed by atoms with E-state index in [0.717, 1.165) is 18.6 Å². The van der Waals surface area contributed by atoms with Crippen LogP contribution in [0, 0.1) is 5.41 Å². The molecule has 2 unspecified atom stereocenters. The fraction of sp³-hybridized carbons (Fsp3) is 0.407. The van der Waals surface area contributed by atoms with Gasteiger partial charge in [0.15, 0.2) is 6.29 Å². The molecule has 0 saturated carbocycles. The maximum absolute atomic E-state index is 10.2. The lowest BCUT2D eigenvalue weighted by Crippen LogP contribution is -2.42. The normalized spacial score (nSPS) is 20.0. The van der Waals surface area contributed by atoms with Gasteiger partial charge in [0.1, 0.15) is 0 Å². The molecular formula is C27H33BrO2S. The first kappa shape index (κ1) is 24.3. The van der Waals surface area contributed by atoms with Crippen LogP contribution in [0.3, 0.4) is 0 Å². The molecule has 1 aliphatic carbocycles. The molecule has 0 aromatic heterocycles. The van der Waals surface area contributed by atoms with Crippen molar-refractivity contribution in [1.29, 1.82) is 0 Å². The van der Waals surface area contributed by atoms with Crippen LogP contribution in [0.25, 0.3) is 0 Å². The number of alkyl halides is 1. The third-order valence-corrected chi connectivity index (χ3v) is 8.14. The second-order valence-corrected chi connectivity index (χ2v) is 12.2. The van der Waals surface area contributed by atoms with Crippen molar-refractivity contribution >= 4 is 27.7 Å². The lowest BCUT2D eigenvalue weighted by Gasteiger charge is -2.48. The van der Waals surface area contributed by atoms with Gasteiger partial charge in [0, 0.05) is 5.41 Å². The molecule has 2 nitrogen and oxygen atoms in total. The fourth-order valence-electron chi connectivity index (χ4n) is 4.17. The first-order valence-corrected chi connectivity index (χ1v) is 12.7. The molecule has 0 heterocycles. The second-order valence-electron chi connectivity index (χ2n) is 8.81. The summed E-state index contributed by atoms with van der Waals surface area (Å²) in [7, 11) is 0. The number of thioether (sulfide) groups is 1. The number of aliphatic hydroxyl groups excluding tert-OH is 1. The van der Waals surface area contributed by atoms with Crippen molar-refractivity contribution in [1.82, 2.24) is 0 Å². The highest BCUT2D eigenvalue weighted by Gasteiger charge is 2.49. The van der Waals surface area contributed by atoms with Gasteiger partial charge in [-0.2, -0.15) is 0 Å². The summed E-state index contributed by atoms with van der Waals surface area (Å²) in [6.45, 7) is 6.71. The molecule has 2 atom stereocenters. The number of hydrogen-bond donors (Lipinski definition) is 1. The molecule has 0 bridgehead atoms.